The molecule has 95 heavy (non-hydrogen) atoms. The standard InChI is InChI=1S/C76H127NO18/c1-3-5-7-9-11-13-15-17-19-21-22-23-24-25-26-27-28-29-30-31-32-33-34-35-36-38-40-42-44-46-48-50-52-54-64(82)77-59(60(81)53-51-49-47-45-43-41-39-37-20-18-16-14-12-10-8-6-4-2)58-90-74-70(88)67(85)72(62(56-79)92-74)95-76-71(89)68(86)73(63(57-80)93-76)94-75-69(87)66(84)65(83)61(55-78)91-75/h5,7,11,13,17,19,22-23,25-26,28-29,31-32,34-35,38,40,44,46,59-63,65-76,78-81,83-89H,3-4,6,8-10,12,14-16,18,20-21,24,27,30,33,36-37,39,41-43,45,47-58H2,1-2H3,(H,77,82)/b7-5-,13-11-,19-17-,23-22-,26-25-,29-28-,32-31-,35-34-,40-38-,46-44-. The van der Waals surface area contributed by atoms with Gasteiger partial charge in [-0.1, -0.05) is 245 Å². The van der Waals surface area contributed by atoms with Crippen LogP contribution in [-0.4, -0.2) is 193 Å². The summed E-state index contributed by atoms with van der Waals surface area (Å²) in [4.78, 5) is 13.4. The predicted molar refractivity (Wildman–Crippen MR) is 373 cm³/mol. The van der Waals surface area contributed by atoms with Gasteiger partial charge in [0, 0.05) is 6.42 Å². The molecule has 3 aliphatic rings. The Morgan fingerprint density at radius 3 is 1.12 bits per heavy atom. The van der Waals surface area contributed by atoms with E-state index in [0.717, 1.165) is 96.3 Å². The Hall–Kier alpha value is -3.81. The second kappa shape index (κ2) is 56.0. The molecule has 544 valence electrons. The summed E-state index contributed by atoms with van der Waals surface area (Å²) in [7, 11) is 0. The van der Waals surface area contributed by atoms with Gasteiger partial charge in [0.05, 0.1) is 38.6 Å². The molecule has 0 spiro atoms. The smallest absolute Gasteiger partial charge is 0.220 e. The van der Waals surface area contributed by atoms with Crippen molar-refractivity contribution in [3.05, 3.63) is 122 Å². The Labute approximate surface area is 569 Å². The van der Waals surface area contributed by atoms with Crippen molar-refractivity contribution in [2.24, 2.45) is 0 Å². The molecule has 0 aromatic rings. The van der Waals surface area contributed by atoms with Gasteiger partial charge >= 0.3 is 0 Å². The van der Waals surface area contributed by atoms with Gasteiger partial charge in [0.15, 0.2) is 18.9 Å². The summed E-state index contributed by atoms with van der Waals surface area (Å²) in [5.41, 5.74) is 0. The highest BCUT2D eigenvalue weighted by atomic mass is 16.8. The molecule has 19 heteroatoms. The van der Waals surface area contributed by atoms with Gasteiger partial charge in [-0.2, -0.15) is 0 Å². The highest BCUT2D eigenvalue weighted by molar-refractivity contribution is 5.76. The van der Waals surface area contributed by atoms with E-state index in [1.54, 1.807) is 0 Å². The summed E-state index contributed by atoms with van der Waals surface area (Å²) in [6.45, 7) is 1.64. The van der Waals surface area contributed by atoms with E-state index < -0.39 is 124 Å². The van der Waals surface area contributed by atoms with Crippen molar-refractivity contribution in [1.82, 2.24) is 5.32 Å². The zero-order chi connectivity index (χ0) is 68.9. The predicted octanol–water partition coefficient (Wildman–Crippen LogP) is 10.4. The monoisotopic (exact) mass is 1340 g/mol. The topological polar surface area (TPSA) is 307 Å². The lowest BCUT2D eigenvalue weighted by Crippen LogP contribution is -2.66. The highest BCUT2D eigenvalue weighted by Gasteiger charge is 2.53. The molecule has 0 radical (unpaired) electrons. The number of ether oxygens (including phenoxy) is 6. The van der Waals surface area contributed by atoms with E-state index in [2.05, 4.69) is 141 Å². The van der Waals surface area contributed by atoms with Crippen LogP contribution in [0.2, 0.25) is 0 Å². The fraction of sp³-hybridized carbons (Fsp3) is 0.724. The highest BCUT2D eigenvalue weighted by Crippen LogP contribution is 2.33. The first-order valence-electron chi connectivity index (χ1n) is 36.3. The van der Waals surface area contributed by atoms with Crippen LogP contribution in [-0.2, 0) is 33.2 Å². The Morgan fingerprint density at radius 2 is 0.726 bits per heavy atom. The number of carbonyl (C=O) groups excluding carboxylic acids is 1. The molecule has 0 aliphatic carbocycles. The van der Waals surface area contributed by atoms with E-state index in [1.165, 1.54) is 83.5 Å². The molecular formula is C76H127NO18. The van der Waals surface area contributed by atoms with Crippen LogP contribution in [0.1, 0.15) is 219 Å². The lowest BCUT2D eigenvalue weighted by Gasteiger charge is -2.48. The number of carbonyl (C=O) groups is 1. The van der Waals surface area contributed by atoms with Crippen molar-refractivity contribution in [2.45, 2.75) is 324 Å². The minimum absolute atomic E-state index is 0.203. The number of nitrogens with one attached hydrogen (secondary N) is 1. The third-order valence-electron chi connectivity index (χ3n) is 17.3. The zero-order valence-electron chi connectivity index (χ0n) is 57.6. The van der Waals surface area contributed by atoms with Gasteiger partial charge in [0.2, 0.25) is 5.91 Å². The van der Waals surface area contributed by atoms with Crippen LogP contribution in [0.4, 0.5) is 0 Å². The number of allylic oxidation sites excluding steroid dienone is 20. The van der Waals surface area contributed by atoms with E-state index >= 15 is 0 Å². The van der Waals surface area contributed by atoms with E-state index in [1.807, 2.05) is 0 Å². The second-order valence-electron chi connectivity index (χ2n) is 25.3. The van der Waals surface area contributed by atoms with Crippen LogP contribution >= 0.6 is 0 Å². The Bertz CT molecular complexity index is 2190. The summed E-state index contributed by atoms with van der Waals surface area (Å²) in [6, 6.07) is -0.920. The summed E-state index contributed by atoms with van der Waals surface area (Å²) in [5, 5.41) is 121. The summed E-state index contributed by atoms with van der Waals surface area (Å²) in [6.07, 6.45) is 49.9. The van der Waals surface area contributed by atoms with Crippen LogP contribution in [0, 0.1) is 0 Å². The van der Waals surface area contributed by atoms with Gasteiger partial charge in [0.1, 0.15) is 73.2 Å². The number of aliphatic hydroxyl groups is 11. The van der Waals surface area contributed by atoms with Gasteiger partial charge in [0.25, 0.3) is 0 Å². The van der Waals surface area contributed by atoms with E-state index in [4.69, 9.17) is 28.4 Å². The first-order valence-corrected chi connectivity index (χ1v) is 36.3. The summed E-state index contributed by atoms with van der Waals surface area (Å²) < 4.78 is 34.4. The molecule has 3 aliphatic heterocycles. The molecule has 3 rings (SSSR count). The fourth-order valence-electron chi connectivity index (χ4n) is 11.5. The van der Waals surface area contributed by atoms with Gasteiger partial charge in [-0.25, -0.2) is 0 Å². The van der Waals surface area contributed by atoms with Crippen LogP contribution in [0.15, 0.2) is 122 Å². The molecular weight excluding hydrogens is 1210 g/mol. The zero-order valence-corrected chi connectivity index (χ0v) is 57.6. The summed E-state index contributed by atoms with van der Waals surface area (Å²) >= 11 is 0. The van der Waals surface area contributed by atoms with Crippen LogP contribution in [0.25, 0.3) is 0 Å². The lowest BCUT2D eigenvalue weighted by molar-refractivity contribution is -0.379. The van der Waals surface area contributed by atoms with E-state index in [-0.39, 0.29) is 18.9 Å². The van der Waals surface area contributed by atoms with E-state index in [9.17, 15) is 61.0 Å². The van der Waals surface area contributed by atoms with Gasteiger partial charge in [-0.15, -0.1) is 0 Å². The van der Waals surface area contributed by atoms with Crippen molar-refractivity contribution < 1.29 is 89.4 Å². The largest absolute Gasteiger partial charge is 0.394 e. The molecule has 0 bridgehead atoms. The number of rotatable bonds is 54. The van der Waals surface area contributed by atoms with Crippen molar-refractivity contribution in [2.75, 3.05) is 26.4 Å². The Balaban J connectivity index is 1.42. The molecule has 3 fully saturated rings. The molecule has 0 aromatic heterocycles. The van der Waals surface area contributed by atoms with E-state index in [0.29, 0.717) is 19.3 Å². The first-order chi connectivity index (χ1) is 46.3. The second-order valence-corrected chi connectivity index (χ2v) is 25.3. The van der Waals surface area contributed by atoms with Crippen LogP contribution in [0.3, 0.4) is 0 Å². The number of unbranched alkanes of at least 4 members (excludes halogenated alkanes) is 18. The third kappa shape index (κ3) is 37.3. The maximum absolute atomic E-state index is 13.4. The van der Waals surface area contributed by atoms with Crippen LogP contribution in [0.5, 0.6) is 0 Å². The van der Waals surface area contributed by atoms with Crippen molar-refractivity contribution >= 4 is 5.91 Å². The molecule has 3 heterocycles. The van der Waals surface area contributed by atoms with Gasteiger partial charge in [-0.3, -0.25) is 4.79 Å². The average molecular weight is 1340 g/mol. The molecule has 1 amide bonds. The summed E-state index contributed by atoms with van der Waals surface area (Å²) in [5.74, 6) is -0.289. The number of hydrogen-bond acceptors (Lipinski definition) is 18. The van der Waals surface area contributed by atoms with Gasteiger partial charge < -0.3 is 89.9 Å². The first kappa shape index (κ1) is 85.4. The minimum atomic E-state index is -1.98. The van der Waals surface area contributed by atoms with Crippen LogP contribution < -0.4 is 5.32 Å². The lowest BCUT2D eigenvalue weighted by atomic mass is 9.96. The number of amides is 1. The maximum atomic E-state index is 13.4. The molecule has 17 unspecified atom stereocenters. The van der Waals surface area contributed by atoms with Crippen molar-refractivity contribution in [3.8, 4) is 0 Å². The Kier molecular flexibility index (Phi) is 50.3. The minimum Gasteiger partial charge on any atom is -0.394 e. The fourth-order valence-corrected chi connectivity index (χ4v) is 11.5. The maximum Gasteiger partial charge on any atom is 0.220 e. The SMILES string of the molecule is CC/C=C\C/C=C\C/C=C\C/C=C\C/C=C\C/C=C\C/C=C\C/C=C\C/C=C\C/C=C\CCCCC(=O)NC(COC1OC(CO)C(OC2OC(CO)C(OC3OC(CO)C(O)C(O)C3O)C(O)C2O)C(O)C1O)C(O)CCCCCCCCCCCCCCCCCCC. The number of hydrogen-bond donors (Lipinski definition) is 12. The molecule has 19 nitrogen and oxygen atoms in total. The third-order valence-corrected chi connectivity index (χ3v) is 17.3. The molecule has 17 atom stereocenters. The molecule has 0 saturated carbocycles. The molecule has 3 saturated heterocycles. The quantitative estimate of drug-likeness (QED) is 0.0199. The normalized spacial score (nSPS) is 27.9. The van der Waals surface area contributed by atoms with Crippen molar-refractivity contribution in [1.29, 1.82) is 0 Å². The molecule has 12 N–H and O–H groups in total. The van der Waals surface area contributed by atoms with Gasteiger partial charge in [-0.05, 0) is 89.9 Å². The Morgan fingerprint density at radius 1 is 0.389 bits per heavy atom. The number of aliphatic hydroxyl groups excluding tert-OH is 11. The van der Waals surface area contributed by atoms with Crippen molar-refractivity contribution in [3.63, 3.8) is 0 Å². The average Bonchev–Trinajstić information content (AvgIpc) is 0.786. The molecule has 0 aromatic carbocycles.